The molecule has 0 atom stereocenters. The van der Waals surface area contributed by atoms with Gasteiger partial charge in [-0.2, -0.15) is 0 Å². The predicted molar refractivity (Wildman–Crippen MR) is 91.7 cm³/mol. The summed E-state index contributed by atoms with van der Waals surface area (Å²) in [6, 6.07) is 9.05. The van der Waals surface area contributed by atoms with Gasteiger partial charge in [-0.25, -0.2) is 0 Å². The number of nitrogens with one attached hydrogen (secondary N) is 1. The van der Waals surface area contributed by atoms with E-state index < -0.39 is 0 Å². The molecule has 128 valence electrons. The van der Waals surface area contributed by atoms with Crippen molar-refractivity contribution < 1.29 is 14.1 Å². The molecule has 2 aromatic rings. The number of aromatic nitrogens is 1. The van der Waals surface area contributed by atoms with Crippen LogP contribution in [-0.4, -0.2) is 35.0 Å². The quantitative estimate of drug-likeness (QED) is 0.847. The zero-order chi connectivity index (χ0) is 17.5. The second kappa shape index (κ2) is 8.29. The summed E-state index contributed by atoms with van der Waals surface area (Å²) >= 11 is 0. The van der Waals surface area contributed by atoms with Crippen molar-refractivity contribution in [2.75, 3.05) is 18.4 Å². The van der Waals surface area contributed by atoms with Gasteiger partial charge in [0.15, 0.2) is 5.82 Å². The van der Waals surface area contributed by atoms with Crippen LogP contribution < -0.4 is 5.32 Å². The van der Waals surface area contributed by atoms with Crippen molar-refractivity contribution in [3.8, 4) is 0 Å². The highest BCUT2D eigenvalue weighted by Crippen LogP contribution is 2.11. The molecule has 6 nitrogen and oxygen atoms in total. The molecule has 2 rings (SSSR count). The highest BCUT2D eigenvalue weighted by Gasteiger charge is 2.20. The number of hydrogen-bond donors (Lipinski definition) is 1. The van der Waals surface area contributed by atoms with E-state index in [4.69, 9.17) is 0 Å². The first-order chi connectivity index (χ1) is 11.5. The van der Waals surface area contributed by atoms with Gasteiger partial charge >= 0.3 is 0 Å². The van der Waals surface area contributed by atoms with Gasteiger partial charge in [0.2, 0.25) is 5.91 Å². The van der Waals surface area contributed by atoms with E-state index in [0.29, 0.717) is 17.9 Å². The average Bonchev–Trinajstić information content (AvgIpc) is 3.06. The van der Waals surface area contributed by atoms with Gasteiger partial charge in [-0.3, -0.25) is 9.59 Å². The van der Waals surface area contributed by atoms with Gasteiger partial charge in [-0.1, -0.05) is 38.1 Å². The van der Waals surface area contributed by atoms with Crippen LogP contribution in [0.1, 0.15) is 36.7 Å². The van der Waals surface area contributed by atoms with Gasteiger partial charge in [0.1, 0.15) is 12.8 Å². The lowest BCUT2D eigenvalue weighted by atomic mass is 10.1. The van der Waals surface area contributed by atoms with Crippen LogP contribution in [-0.2, 0) is 11.2 Å². The molecule has 0 saturated carbocycles. The molecule has 0 fully saturated rings. The molecule has 1 aromatic heterocycles. The van der Waals surface area contributed by atoms with E-state index in [1.54, 1.807) is 11.0 Å². The minimum atomic E-state index is -0.303. The second-order valence-electron chi connectivity index (χ2n) is 6.06. The first-order valence-corrected chi connectivity index (χ1v) is 8.08. The maximum absolute atomic E-state index is 12.7. The summed E-state index contributed by atoms with van der Waals surface area (Å²) in [5.74, 6) is 0.137. The molecular weight excluding hydrogens is 306 g/mol. The Hall–Kier alpha value is -2.63. The number of aryl methyl sites for hydroxylation is 1. The smallest absolute Gasteiger partial charge is 0.254 e. The van der Waals surface area contributed by atoms with E-state index in [-0.39, 0.29) is 24.3 Å². The standard InChI is InChI=1S/C18H23N3O3/c1-4-14-5-7-15(8-6-14)18(23)21(11-13(2)3)12-17(22)19-16-9-10-24-20-16/h5-10,13H,4,11-12H2,1-3H3,(H,19,20,22). The predicted octanol–water partition coefficient (Wildman–Crippen LogP) is 2.97. The number of carbonyl (C=O) groups excluding carboxylic acids is 2. The second-order valence-corrected chi connectivity index (χ2v) is 6.06. The lowest BCUT2D eigenvalue weighted by Gasteiger charge is -2.24. The van der Waals surface area contributed by atoms with Crippen molar-refractivity contribution in [3.63, 3.8) is 0 Å². The summed E-state index contributed by atoms with van der Waals surface area (Å²) in [4.78, 5) is 26.4. The number of hydrogen-bond acceptors (Lipinski definition) is 4. The van der Waals surface area contributed by atoms with Gasteiger partial charge < -0.3 is 14.7 Å². The van der Waals surface area contributed by atoms with Gasteiger partial charge in [-0.05, 0) is 30.0 Å². The fraction of sp³-hybridized carbons (Fsp3) is 0.389. The Morgan fingerprint density at radius 2 is 1.92 bits per heavy atom. The SMILES string of the molecule is CCc1ccc(C(=O)N(CC(=O)Nc2ccon2)CC(C)C)cc1. The first kappa shape index (κ1) is 17.7. The molecule has 0 saturated heterocycles. The number of anilines is 1. The molecule has 1 aromatic carbocycles. The molecule has 0 bridgehead atoms. The number of carbonyl (C=O) groups is 2. The lowest BCUT2D eigenvalue weighted by molar-refractivity contribution is -0.117. The van der Waals surface area contributed by atoms with Crippen LogP contribution in [0.4, 0.5) is 5.82 Å². The van der Waals surface area contributed by atoms with E-state index in [0.717, 1.165) is 6.42 Å². The van der Waals surface area contributed by atoms with Crippen LogP contribution in [0, 0.1) is 5.92 Å². The largest absolute Gasteiger partial charge is 0.363 e. The number of amides is 2. The topological polar surface area (TPSA) is 75.4 Å². The average molecular weight is 329 g/mol. The summed E-state index contributed by atoms with van der Waals surface area (Å²) in [6.07, 6.45) is 2.30. The molecule has 6 heteroatoms. The van der Waals surface area contributed by atoms with E-state index >= 15 is 0 Å². The zero-order valence-corrected chi connectivity index (χ0v) is 14.3. The molecule has 0 spiro atoms. The normalized spacial score (nSPS) is 10.7. The Kier molecular flexibility index (Phi) is 6.12. The van der Waals surface area contributed by atoms with Crippen molar-refractivity contribution >= 4 is 17.6 Å². The van der Waals surface area contributed by atoms with E-state index in [2.05, 4.69) is 21.9 Å². The van der Waals surface area contributed by atoms with Gasteiger partial charge in [-0.15, -0.1) is 0 Å². The van der Waals surface area contributed by atoms with Crippen LogP contribution in [0.15, 0.2) is 41.1 Å². The Bertz CT molecular complexity index is 663. The maximum atomic E-state index is 12.7. The van der Waals surface area contributed by atoms with Crippen LogP contribution in [0.3, 0.4) is 0 Å². The van der Waals surface area contributed by atoms with Crippen LogP contribution in [0.25, 0.3) is 0 Å². The Balaban J connectivity index is 2.08. The summed E-state index contributed by atoms with van der Waals surface area (Å²) < 4.78 is 4.68. The third kappa shape index (κ3) is 4.94. The summed E-state index contributed by atoms with van der Waals surface area (Å²) in [6.45, 7) is 6.56. The molecule has 0 aliphatic rings. The molecular formula is C18H23N3O3. The van der Waals surface area contributed by atoms with E-state index in [1.807, 2.05) is 38.1 Å². The zero-order valence-electron chi connectivity index (χ0n) is 14.3. The molecule has 2 amide bonds. The first-order valence-electron chi connectivity index (χ1n) is 8.08. The van der Waals surface area contributed by atoms with Gasteiger partial charge in [0.05, 0.1) is 0 Å². The lowest BCUT2D eigenvalue weighted by Crippen LogP contribution is -2.40. The van der Waals surface area contributed by atoms with Crippen LogP contribution in [0.5, 0.6) is 0 Å². The van der Waals surface area contributed by atoms with Crippen molar-refractivity contribution in [2.24, 2.45) is 5.92 Å². The van der Waals surface area contributed by atoms with Crippen molar-refractivity contribution in [3.05, 3.63) is 47.7 Å². The number of rotatable bonds is 7. The molecule has 0 aliphatic carbocycles. The van der Waals surface area contributed by atoms with E-state index in [9.17, 15) is 9.59 Å². The summed E-state index contributed by atoms with van der Waals surface area (Å²) in [5.41, 5.74) is 1.76. The van der Waals surface area contributed by atoms with Crippen molar-refractivity contribution in [2.45, 2.75) is 27.2 Å². The van der Waals surface area contributed by atoms with Crippen molar-refractivity contribution in [1.82, 2.24) is 10.1 Å². The molecule has 1 heterocycles. The third-order valence-electron chi connectivity index (χ3n) is 3.52. The number of benzene rings is 1. The van der Waals surface area contributed by atoms with Crippen LogP contribution >= 0.6 is 0 Å². The summed E-state index contributed by atoms with van der Waals surface area (Å²) in [5, 5.41) is 6.25. The monoisotopic (exact) mass is 329 g/mol. The fourth-order valence-corrected chi connectivity index (χ4v) is 2.36. The van der Waals surface area contributed by atoms with Gasteiger partial charge in [0.25, 0.3) is 5.91 Å². The number of nitrogens with zero attached hydrogens (tertiary/aromatic N) is 2. The Morgan fingerprint density at radius 3 is 2.46 bits per heavy atom. The highest BCUT2D eigenvalue weighted by molar-refractivity contribution is 5.99. The minimum Gasteiger partial charge on any atom is -0.363 e. The molecule has 0 aliphatic heterocycles. The van der Waals surface area contributed by atoms with E-state index in [1.165, 1.54) is 11.8 Å². The molecule has 24 heavy (non-hydrogen) atoms. The van der Waals surface area contributed by atoms with Crippen LogP contribution in [0.2, 0.25) is 0 Å². The van der Waals surface area contributed by atoms with Crippen molar-refractivity contribution in [1.29, 1.82) is 0 Å². The van der Waals surface area contributed by atoms with Gasteiger partial charge in [0, 0.05) is 18.2 Å². The molecule has 0 radical (unpaired) electrons. The summed E-state index contributed by atoms with van der Waals surface area (Å²) in [7, 11) is 0. The highest BCUT2D eigenvalue weighted by atomic mass is 16.5. The maximum Gasteiger partial charge on any atom is 0.254 e. The third-order valence-corrected chi connectivity index (χ3v) is 3.52. The Morgan fingerprint density at radius 1 is 1.21 bits per heavy atom. The minimum absolute atomic E-state index is 0.0284. The molecule has 0 unspecified atom stereocenters. The fourth-order valence-electron chi connectivity index (χ4n) is 2.36. The molecule has 1 N–H and O–H groups in total. The Labute approximate surface area is 141 Å².